The molecule has 0 aliphatic rings. The summed E-state index contributed by atoms with van der Waals surface area (Å²) in [5, 5.41) is 3.23. The zero-order valence-corrected chi connectivity index (χ0v) is 13.0. The van der Waals surface area contributed by atoms with Gasteiger partial charge in [-0.3, -0.25) is 0 Å². The van der Waals surface area contributed by atoms with E-state index in [-0.39, 0.29) is 0 Å². The van der Waals surface area contributed by atoms with Gasteiger partial charge in [0.15, 0.2) is 0 Å². The van der Waals surface area contributed by atoms with Crippen molar-refractivity contribution in [3.05, 3.63) is 29.8 Å². The molecule has 0 amide bonds. The Bertz CT molecular complexity index is 504. The van der Waals surface area contributed by atoms with Crippen LogP contribution in [0.4, 0.5) is 0 Å². The van der Waals surface area contributed by atoms with Crippen LogP contribution in [0.15, 0.2) is 29.2 Å². The van der Waals surface area contributed by atoms with Crippen molar-refractivity contribution < 1.29 is 8.42 Å². The molecule has 1 aromatic carbocycles. The quantitative estimate of drug-likeness (QED) is 0.788. The van der Waals surface area contributed by atoms with Crippen molar-refractivity contribution in [2.24, 2.45) is 0 Å². The molecular formula is C14H24N2O2S. The third kappa shape index (κ3) is 5.30. The molecule has 0 spiro atoms. The highest BCUT2D eigenvalue weighted by atomic mass is 32.2. The molecule has 19 heavy (non-hydrogen) atoms. The molecule has 0 radical (unpaired) electrons. The highest BCUT2D eigenvalue weighted by molar-refractivity contribution is 7.89. The fourth-order valence-corrected chi connectivity index (χ4v) is 3.43. The maximum Gasteiger partial charge on any atom is 0.241 e. The Labute approximate surface area is 116 Å². The molecule has 0 aliphatic carbocycles. The standard InChI is InChI=1S/C14H24N2O2S/c1-5-10-15-11-12-8-6-7-9-13(12)19(17,18)16-14(2,3)4/h6-9,15-16H,5,10-11H2,1-4H3. The number of nitrogens with one attached hydrogen (secondary N) is 2. The van der Waals surface area contributed by atoms with Crippen molar-refractivity contribution in [1.29, 1.82) is 0 Å². The van der Waals surface area contributed by atoms with E-state index in [0.717, 1.165) is 18.5 Å². The topological polar surface area (TPSA) is 58.2 Å². The molecule has 0 saturated heterocycles. The van der Waals surface area contributed by atoms with Gasteiger partial charge in [-0.2, -0.15) is 0 Å². The Morgan fingerprint density at radius 2 is 1.79 bits per heavy atom. The number of hydrogen-bond acceptors (Lipinski definition) is 3. The fourth-order valence-electron chi connectivity index (χ4n) is 1.77. The van der Waals surface area contributed by atoms with E-state index in [9.17, 15) is 8.42 Å². The molecule has 4 nitrogen and oxygen atoms in total. The second-order valence-corrected chi connectivity index (χ2v) is 7.29. The van der Waals surface area contributed by atoms with Crippen LogP contribution in [0.25, 0.3) is 0 Å². The average Bonchev–Trinajstić information content (AvgIpc) is 2.27. The van der Waals surface area contributed by atoms with Gasteiger partial charge in [0.25, 0.3) is 0 Å². The molecule has 108 valence electrons. The molecule has 0 fully saturated rings. The molecule has 1 aromatic rings. The number of sulfonamides is 1. The lowest BCUT2D eigenvalue weighted by Gasteiger charge is -2.21. The Morgan fingerprint density at radius 1 is 1.16 bits per heavy atom. The van der Waals surface area contributed by atoms with Crippen LogP contribution < -0.4 is 10.0 Å². The maximum atomic E-state index is 12.4. The van der Waals surface area contributed by atoms with Crippen LogP contribution in [0.1, 0.15) is 39.7 Å². The molecule has 0 unspecified atom stereocenters. The summed E-state index contributed by atoms with van der Waals surface area (Å²) in [6, 6.07) is 7.11. The van der Waals surface area contributed by atoms with Gasteiger partial charge in [0.2, 0.25) is 10.0 Å². The van der Waals surface area contributed by atoms with Crippen LogP contribution in [-0.2, 0) is 16.6 Å². The second kappa shape index (κ2) is 6.50. The molecule has 0 bridgehead atoms. The normalized spacial score (nSPS) is 12.6. The van der Waals surface area contributed by atoms with Gasteiger partial charge in [0.05, 0.1) is 4.90 Å². The summed E-state index contributed by atoms with van der Waals surface area (Å²) in [5.74, 6) is 0. The lowest BCUT2D eigenvalue weighted by Crippen LogP contribution is -2.41. The minimum atomic E-state index is -3.48. The van der Waals surface area contributed by atoms with E-state index < -0.39 is 15.6 Å². The van der Waals surface area contributed by atoms with Crippen molar-refractivity contribution >= 4 is 10.0 Å². The van der Waals surface area contributed by atoms with Crippen molar-refractivity contribution in [2.75, 3.05) is 6.54 Å². The van der Waals surface area contributed by atoms with E-state index in [0.29, 0.717) is 11.4 Å². The third-order valence-electron chi connectivity index (χ3n) is 2.44. The molecule has 5 heteroatoms. The van der Waals surface area contributed by atoms with Crippen molar-refractivity contribution in [3.8, 4) is 0 Å². The first-order chi connectivity index (χ1) is 8.76. The zero-order chi connectivity index (χ0) is 14.5. The van der Waals surface area contributed by atoms with E-state index >= 15 is 0 Å². The maximum absolute atomic E-state index is 12.4. The number of hydrogen-bond donors (Lipinski definition) is 2. The van der Waals surface area contributed by atoms with Gasteiger partial charge in [-0.15, -0.1) is 0 Å². The predicted molar refractivity (Wildman–Crippen MR) is 78.5 cm³/mol. The van der Waals surface area contributed by atoms with Crippen LogP contribution in [0.3, 0.4) is 0 Å². The largest absolute Gasteiger partial charge is 0.313 e. The Balaban J connectivity index is 2.99. The Kier molecular flexibility index (Phi) is 5.52. The lowest BCUT2D eigenvalue weighted by molar-refractivity contribution is 0.490. The number of rotatable bonds is 6. The van der Waals surface area contributed by atoms with Crippen molar-refractivity contribution in [2.45, 2.75) is 51.1 Å². The van der Waals surface area contributed by atoms with Gasteiger partial charge in [-0.05, 0) is 45.4 Å². The SMILES string of the molecule is CCCNCc1ccccc1S(=O)(=O)NC(C)(C)C. The van der Waals surface area contributed by atoms with Gasteiger partial charge >= 0.3 is 0 Å². The first-order valence-electron chi connectivity index (χ1n) is 6.59. The summed E-state index contributed by atoms with van der Waals surface area (Å²) in [6.45, 7) is 9.03. The number of benzene rings is 1. The van der Waals surface area contributed by atoms with E-state index in [4.69, 9.17) is 0 Å². The van der Waals surface area contributed by atoms with E-state index in [2.05, 4.69) is 17.0 Å². The van der Waals surface area contributed by atoms with E-state index in [1.54, 1.807) is 12.1 Å². The molecule has 0 heterocycles. The third-order valence-corrected chi connectivity index (χ3v) is 4.30. The lowest BCUT2D eigenvalue weighted by atomic mass is 10.1. The van der Waals surface area contributed by atoms with Crippen LogP contribution in [0, 0.1) is 0 Å². The molecule has 0 saturated carbocycles. The summed E-state index contributed by atoms with van der Waals surface area (Å²) >= 11 is 0. The average molecular weight is 284 g/mol. The van der Waals surface area contributed by atoms with Crippen molar-refractivity contribution in [1.82, 2.24) is 10.0 Å². The first-order valence-corrected chi connectivity index (χ1v) is 8.07. The monoisotopic (exact) mass is 284 g/mol. The fraction of sp³-hybridized carbons (Fsp3) is 0.571. The second-order valence-electron chi connectivity index (χ2n) is 5.64. The molecule has 0 aliphatic heterocycles. The van der Waals surface area contributed by atoms with Gasteiger partial charge < -0.3 is 5.32 Å². The Morgan fingerprint density at radius 3 is 2.37 bits per heavy atom. The van der Waals surface area contributed by atoms with Crippen LogP contribution in [0.5, 0.6) is 0 Å². The summed E-state index contributed by atoms with van der Waals surface area (Å²) in [5.41, 5.74) is 0.315. The van der Waals surface area contributed by atoms with Crippen LogP contribution in [0.2, 0.25) is 0 Å². The minimum absolute atomic E-state index is 0.355. The molecule has 2 N–H and O–H groups in total. The van der Waals surface area contributed by atoms with Crippen LogP contribution >= 0.6 is 0 Å². The molecule has 0 aromatic heterocycles. The predicted octanol–water partition coefficient (Wildman–Crippen LogP) is 2.26. The van der Waals surface area contributed by atoms with Gasteiger partial charge in [-0.25, -0.2) is 13.1 Å². The molecule has 0 atom stereocenters. The smallest absolute Gasteiger partial charge is 0.241 e. The van der Waals surface area contributed by atoms with Gasteiger partial charge in [0.1, 0.15) is 0 Å². The highest BCUT2D eigenvalue weighted by Crippen LogP contribution is 2.17. The molecule has 1 rings (SSSR count). The summed E-state index contributed by atoms with van der Waals surface area (Å²) in [4.78, 5) is 0.355. The highest BCUT2D eigenvalue weighted by Gasteiger charge is 2.23. The van der Waals surface area contributed by atoms with E-state index in [1.165, 1.54) is 0 Å². The van der Waals surface area contributed by atoms with E-state index in [1.807, 2.05) is 32.9 Å². The van der Waals surface area contributed by atoms with Gasteiger partial charge in [0, 0.05) is 12.1 Å². The molecular weight excluding hydrogens is 260 g/mol. The van der Waals surface area contributed by atoms with Crippen LogP contribution in [-0.4, -0.2) is 20.5 Å². The summed E-state index contributed by atoms with van der Waals surface area (Å²) in [6.07, 6.45) is 1.02. The van der Waals surface area contributed by atoms with Gasteiger partial charge in [-0.1, -0.05) is 25.1 Å². The first kappa shape index (κ1) is 16.1. The summed E-state index contributed by atoms with van der Waals surface area (Å²) in [7, 11) is -3.48. The summed E-state index contributed by atoms with van der Waals surface area (Å²) < 4.78 is 27.4. The Hall–Kier alpha value is -0.910. The minimum Gasteiger partial charge on any atom is -0.313 e. The van der Waals surface area contributed by atoms with Crippen molar-refractivity contribution in [3.63, 3.8) is 0 Å². The zero-order valence-electron chi connectivity index (χ0n) is 12.2.